The topological polar surface area (TPSA) is 12.0 Å². The monoisotopic (exact) mass is 257 g/mol. The van der Waals surface area contributed by atoms with E-state index in [9.17, 15) is 0 Å². The van der Waals surface area contributed by atoms with Crippen LogP contribution in [0.15, 0.2) is 0 Å². The summed E-state index contributed by atoms with van der Waals surface area (Å²) in [5.74, 6) is 0. The van der Waals surface area contributed by atoms with Crippen molar-refractivity contribution in [3.63, 3.8) is 0 Å². The quantitative estimate of drug-likeness (QED) is 0.417. The fraction of sp³-hybridized carbons (Fsp3) is 1.00. The lowest BCUT2D eigenvalue weighted by Gasteiger charge is -2.25. The minimum absolute atomic E-state index is 0.655. The van der Waals surface area contributed by atoms with Gasteiger partial charge >= 0.3 is 0 Å². The molecule has 1 aliphatic rings. The van der Waals surface area contributed by atoms with E-state index in [0.29, 0.717) is 6.04 Å². The summed E-state index contributed by atoms with van der Waals surface area (Å²) in [5, 5.41) is 0. The van der Waals surface area contributed by atoms with Crippen LogP contribution in [0, 0.1) is 0 Å². The van der Waals surface area contributed by atoms with Gasteiger partial charge in [-0.2, -0.15) is 0 Å². The second-order valence-electron chi connectivity index (χ2n) is 2.54. The highest BCUT2D eigenvalue weighted by atomic mass is 127. The summed E-state index contributed by atoms with van der Waals surface area (Å²) in [6.45, 7) is 0. The third kappa shape index (κ3) is 2.27. The van der Waals surface area contributed by atoms with Crippen LogP contribution >= 0.6 is 35.4 Å². The maximum Gasteiger partial charge on any atom is 0.0287 e. The smallest absolute Gasteiger partial charge is 0.0287 e. The van der Waals surface area contributed by atoms with Crippen molar-refractivity contribution in [2.24, 2.45) is 0 Å². The van der Waals surface area contributed by atoms with Crippen molar-refractivity contribution < 1.29 is 0 Å². The van der Waals surface area contributed by atoms with Gasteiger partial charge in [-0.05, 0) is 12.8 Å². The lowest BCUT2D eigenvalue weighted by atomic mass is 9.96. The Morgan fingerprint density at radius 1 is 1.33 bits per heavy atom. The summed E-state index contributed by atoms with van der Waals surface area (Å²) in [7, 11) is 0. The number of halogens is 1. The van der Waals surface area contributed by atoms with Gasteiger partial charge in [-0.1, -0.05) is 48.2 Å². The predicted octanol–water partition coefficient (Wildman–Crippen LogP) is 2.17. The highest BCUT2D eigenvalue weighted by Crippen LogP contribution is 2.24. The van der Waals surface area contributed by atoms with Gasteiger partial charge in [-0.3, -0.25) is 4.72 Å². The van der Waals surface area contributed by atoms with Gasteiger partial charge in [0.25, 0.3) is 0 Å². The molecule has 0 aromatic rings. The van der Waals surface area contributed by atoms with Crippen LogP contribution in [0.1, 0.15) is 25.7 Å². The van der Waals surface area contributed by atoms with E-state index in [4.69, 9.17) is 0 Å². The average molecular weight is 257 g/mol. The van der Waals surface area contributed by atoms with Gasteiger partial charge in [0.15, 0.2) is 0 Å². The molecule has 0 aromatic heterocycles. The van der Waals surface area contributed by atoms with Crippen LogP contribution < -0.4 is 4.72 Å². The normalized spacial score (nSPS) is 36.7. The molecular weight excluding hydrogens is 245 g/mol. The molecule has 1 fully saturated rings. The van der Waals surface area contributed by atoms with E-state index < -0.39 is 0 Å². The van der Waals surface area contributed by atoms with Crippen molar-refractivity contribution >= 4 is 35.4 Å². The van der Waals surface area contributed by atoms with Crippen LogP contribution in [0.5, 0.6) is 0 Å². The molecule has 2 atom stereocenters. The molecule has 1 unspecified atom stereocenters. The molecule has 3 heteroatoms. The molecule has 0 bridgehead atoms. The summed E-state index contributed by atoms with van der Waals surface area (Å²) in [6.07, 6.45) is 5.44. The number of alkyl halides is 1. The maximum absolute atomic E-state index is 4.07. The number of nitrogens with one attached hydrogen (secondary N) is 1. The van der Waals surface area contributed by atoms with Crippen LogP contribution in [-0.2, 0) is 0 Å². The van der Waals surface area contributed by atoms with Gasteiger partial charge in [0.1, 0.15) is 0 Å². The molecule has 54 valence electrons. The molecule has 0 heterocycles. The Morgan fingerprint density at radius 2 is 2.00 bits per heavy atom. The van der Waals surface area contributed by atoms with Gasteiger partial charge < -0.3 is 0 Å². The van der Waals surface area contributed by atoms with E-state index in [2.05, 4.69) is 40.1 Å². The van der Waals surface area contributed by atoms with Crippen molar-refractivity contribution in [3.05, 3.63) is 0 Å². The molecule has 0 spiro atoms. The van der Waals surface area contributed by atoms with Gasteiger partial charge in [0, 0.05) is 9.97 Å². The van der Waals surface area contributed by atoms with Crippen molar-refractivity contribution in [2.45, 2.75) is 35.6 Å². The second kappa shape index (κ2) is 4.03. The number of thiol groups is 1. The summed E-state index contributed by atoms with van der Waals surface area (Å²) < 4.78 is 3.84. The SMILES string of the molecule is SNC1CCCC[C@@H]1I. The summed E-state index contributed by atoms with van der Waals surface area (Å²) >= 11 is 6.58. The van der Waals surface area contributed by atoms with Crippen LogP contribution in [0.25, 0.3) is 0 Å². The first-order valence-corrected chi connectivity index (χ1v) is 5.07. The van der Waals surface area contributed by atoms with Gasteiger partial charge in [0.05, 0.1) is 0 Å². The van der Waals surface area contributed by atoms with Crippen LogP contribution in [0.4, 0.5) is 0 Å². The zero-order valence-electron chi connectivity index (χ0n) is 5.31. The Labute approximate surface area is 75.7 Å². The van der Waals surface area contributed by atoms with E-state index in [1.54, 1.807) is 0 Å². The van der Waals surface area contributed by atoms with E-state index in [0.717, 1.165) is 3.92 Å². The Balaban J connectivity index is 2.30. The molecule has 0 amide bonds. The molecule has 1 nitrogen and oxygen atoms in total. The summed E-state index contributed by atoms with van der Waals surface area (Å²) in [6, 6.07) is 0.655. The molecule has 1 N–H and O–H groups in total. The second-order valence-corrected chi connectivity index (χ2v) is 4.39. The molecule has 0 radical (unpaired) electrons. The van der Waals surface area contributed by atoms with Crippen molar-refractivity contribution in [1.82, 2.24) is 4.72 Å². The van der Waals surface area contributed by atoms with E-state index in [-0.39, 0.29) is 0 Å². The van der Waals surface area contributed by atoms with E-state index in [1.807, 2.05) is 0 Å². The predicted molar refractivity (Wildman–Crippen MR) is 52.2 cm³/mol. The number of rotatable bonds is 1. The minimum atomic E-state index is 0.655. The zero-order valence-corrected chi connectivity index (χ0v) is 8.36. The van der Waals surface area contributed by atoms with Crippen molar-refractivity contribution in [2.75, 3.05) is 0 Å². The molecule has 1 saturated carbocycles. The highest BCUT2D eigenvalue weighted by molar-refractivity contribution is 14.1. The molecular formula is C6H12INS. The number of hydrogen-bond acceptors (Lipinski definition) is 2. The lowest BCUT2D eigenvalue weighted by Crippen LogP contribution is -2.33. The van der Waals surface area contributed by atoms with Crippen molar-refractivity contribution in [3.8, 4) is 0 Å². The fourth-order valence-electron chi connectivity index (χ4n) is 1.23. The van der Waals surface area contributed by atoms with Crippen LogP contribution in [0.3, 0.4) is 0 Å². The maximum atomic E-state index is 4.07. The van der Waals surface area contributed by atoms with E-state index >= 15 is 0 Å². The van der Waals surface area contributed by atoms with Crippen LogP contribution in [-0.4, -0.2) is 9.97 Å². The first kappa shape index (κ1) is 8.14. The van der Waals surface area contributed by atoms with Crippen LogP contribution in [0.2, 0.25) is 0 Å². The molecule has 9 heavy (non-hydrogen) atoms. The van der Waals surface area contributed by atoms with Gasteiger partial charge in [-0.15, -0.1) is 0 Å². The number of hydrogen-bond donors (Lipinski definition) is 2. The molecule has 0 aromatic carbocycles. The standard InChI is InChI=1S/C6H12INS/c7-5-3-1-2-4-6(5)8-9/h5-6,8-9H,1-4H2/t5-,6?/m0/s1. The van der Waals surface area contributed by atoms with E-state index in [1.165, 1.54) is 25.7 Å². The molecule has 1 rings (SSSR count). The van der Waals surface area contributed by atoms with Gasteiger partial charge in [0.2, 0.25) is 0 Å². The molecule has 0 saturated heterocycles. The third-order valence-electron chi connectivity index (χ3n) is 1.85. The Bertz CT molecular complexity index is 89.1. The Hall–Kier alpha value is 1.04. The minimum Gasteiger partial charge on any atom is -0.263 e. The first-order valence-electron chi connectivity index (χ1n) is 3.38. The Kier molecular flexibility index (Phi) is 3.65. The van der Waals surface area contributed by atoms with Gasteiger partial charge in [-0.25, -0.2) is 0 Å². The largest absolute Gasteiger partial charge is 0.263 e. The summed E-state index contributed by atoms with van der Waals surface area (Å²) in [4.78, 5) is 0. The zero-order chi connectivity index (χ0) is 6.69. The summed E-state index contributed by atoms with van der Waals surface area (Å²) in [5.41, 5.74) is 0. The third-order valence-corrected chi connectivity index (χ3v) is 3.67. The van der Waals surface area contributed by atoms with Crippen molar-refractivity contribution in [1.29, 1.82) is 0 Å². The Morgan fingerprint density at radius 3 is 2.44 bits per heavy atom. The first-order chi connectivity index (χ1) is 4.34. The fourth-order valence-corrected chi connectivity index (χ4v) is 2.80. The molecule has 0 aliphatic heterocycles. The lowest BCUT2D eigenvalue weighted by molar-refractivity contribution is 0.447. The molecule has 1 aliphatic carbocycles. The highest BCUT2D eigenvalue weighted by Gasteiger charge is 2.20. The average Bonchev–Trinajstić information content (AvgIpc) is 1.89.